The van der Waals surface area contributed by atoms with Crippen LogP contribution in [0, 0.1) is 0 Å². The Labute approximate surface area is 96.5 Å². The largest absolute Gasteiger partial charge is 0.366 e. The number of benzene rings is 1. The van der Waals surface area contributed by atoms with E-state index >= 15 is 0 Å². The molecule has 0 spiro atoms. The molecule has 0 bridgehead atoms. The van der Waals surface area contributed by atoms with Crippen molar-refractivity contribution >= 4 is 21.8 Å². The van der Waals surface area contributed by atoms with Gasteiger partial charge in [-0.25, -0.2) is 0 Å². The third kappa shape index (κ3) is 2.77. The third-order valence-corrected chi connectivity index (χ3v) is 2.46. The Morgan fingerprint density at radius 2 is 2.00 bits per heavy atom. The Morgan fingerprint density at radius 3 is 2.47 bits per heavy atom. The van der Waals surface area contributed by atoms with Crippen LogP contribution < -0.4 is 5.73 Å². The maximum absolute atomic E-state index is 11.2. The van der Waals surface area contributed by atoms with Gasteiger partial charge in [0.1, 0.15) is 0 Å². The van der Waals surface area contributed by atoms with E-state index in [2.05, 4.69) is 15.9 Å². The van der Waals surface area contributed by atoms with Crippen LogP contribution in [0.4, 0.5) is 0 Å². The van der Waals surface area contributed by atoms with Crippen molar-refractivity contribution in [3.63, 3.8) is 0 Å². The Hall–Kier alpha value is -0.910. The highest BCUT2D eigenvalue weighted by molar-refractivity contribution is 9.10. The van der Waals surface area contributed by atoms with Crippen molar-refractivity contribution in [1.29, 1.82) is 0 Å². The van der Waals surface area contributed by atoms with E-state index in [1.54, 1.807) is 18.2 Å². The van der Waals surface area contributed by atoms with Crippen LogP contribution in [-0.4, -0.2) is 20.1 Å². The molecule has 4 nitrogen and oxygen atoms in total. The van der Waals surface area contributed by atoms with Crippen molar-refractivity contribution in [2.75, 3.05) is 14.2 Å². The molecule has 5 heteroatoms. The van der Waals surface area contributed by atoms with E-state index in [0.717, 1.165) is 4.47 Å². The first kappa shape index (κ1) is 12.2. The highest BCUT2D eigenvalue weighted by atomic mass is 79.9. The summed E-state index contributed by atoms with van der Waals surface area (Å²) in [7, 11) is 3.00. The van der Waals surface area contributed by atoms with Crippen LogP contribution in [0.15, 0.2) is 22.7 Å². The zero-order chi connectivity index (χ0) is 11.4. The maximum atomic E-state index is 11.2. The van der Waals surface area contributed by atoms with Gasteiger partial charge in [-0.05, 0) is 12.1 Å². The van der Waals surface area contributed by atoms with Crippen LogP contribution in [0.3, 0.4) is 0 Å². The summed E-state index contributed by atoms with van der Waals surface area (Å²) in [6, 6.07) is 5.18. The fourth-order valence-corrected chi connectivity index (χ4v) is 1.66. The highest BCUT2D eigenvalue weighted by Gasteiger charge is 2.17. The Balaban J connectivity index is 3.21. The van der Waals surface area contributed by atoms with Gasteiger partial charge in [0.25, 0.3) is 0 Å². The topological polar surface area (TPSA) is 61.6 Å². The van der Waals surface area contributed by atoms with E-state index in [-0.39, 0.29) is 0 Å². The highest BCUT2D eigenvalue weighted by Crippen LogP contribution is 2.24. The molecule has 1 rings (SSSR count). The molecule has 82 valence electrons. The standard InChI is InChI=1S/C10H12BrNO3/c1-14-10(15-2)7-4-3-6(11)5-8(7)9(12)13/h3-5,10H,1-2H3,(H2,12,13). The lowest BCUT2D eigenvalue weighted by molar-refractivity contribution is -0.106. The van der Waals surface area contributed by atoms with Crippen molar-refractivity contribution in [2.24, 2.45) is 5.73 Å². The van der Waals surface area contributed by atoms with E-state index in [0.29, 0.717) is 11.1 Å². The fraction of sp³-hybridized carbons (Fsp3) is 0.300. The number of primary amides is 1. The third-order valence-electron chi connectivity index (χ3n) is 1.96. The molecule has 2 N–H and O–H groups in total. The molecule has 0 aliphatic carbocycles. The second-order valence-electron chi connectivity index (χ2n) is 2.90. The lowest BCUT2D eigenvalue weighted by Crippen LogP contribution is -2.17. The Bertz CT molecular complexity index is 364. The number of amides is 1. The number of hydrogen-bond acceptors (Lipinski definition) is 3. The van der Waals surface area contributed by atoms with Crippen LogP contribution in [0.2, 0.25) is 0 Å². The van der Waals surface area contributed by atoms with Crippen molar-refractivity contribution in [2.45, 2.75) is 6.29 Å². The summed E-state index contributed by atoms with van der Waals surface area (Å²) in [4.78, 5) is 11.2. The molecule has 15 heavy (non-hydrogen) atoms. The fourth-order valence-electron chi connectivity index (χ4n) is 1.30. The monoisotopic (exact) mass is 273 g/mol. The quantitative estimate of drug-likeness (QED) is 0.852. The first-order chi connectivity index (χ1) is 7.10. The second kappa shape index (κ2) is 5.25. The summed E-state index contributed by atoms with van der Waals surface area (Å²) >= 11 is 3.27. The predicted octanol–water partition coefficient (Wildman–Crippen LogP) is 1.84. The average molecular weight is 274 g/mol. The van der Waals surface area contributed by atoms with Gasteiger partial charge in [-0.2, -0.15) is 0 Å². The van der Waals surface area contributed by atoms with Crippen LogP contribution in [0.5, 0.6) is 0 Å². The molecule has 0 aromatic heterocycles. The summed E-state index contributed by atoms with van der Waals surface area (Å²) < 4.78 is 10.9. The number of rotatable bonds is 4. The van der Waals surface area contributed by atoms with Gasteiger partial charge in [-0.1, -0.05) is 22.0 Å². The summed E-state index contributed by atoms with van der Waals surface area (Å²) in [6.07, 6.45) is -0.583. The van der Waals surface area contributed by atoms with Crippen molar-refractivity contribution in [3.05, 3.63) is 33.8 Å². The van der Waals surface area contributed by atoms with Crippen molar-refractivity contribution in [3.8, 4) is 0 Å². The minimum absolute atomic E-state index is 0.387. The van der Waals surface area contributed by atoms with E-state index in [1.807, 2.05) is 0 Å². The summed E-state index contributed by atoms with van der Waals surface area (Å²) in [5, 5.41) is 0. The lowest BCUT2D eigenvalue weighted by atomic mass is 10.1. The van der Waals surface area contributed by atoms with Gasteiger partial charge in [0, 0.05) is 29.8 Å². The van der Waals surface area contributed by atoms with Crippen molar-refractivity contribution in [1.82, 2.24) is 0 Å². The van der Waals surface area contributed by atoms with Crippen LogP contribution >= 0.6 is 15.9 Å². The van der Waals surface area contributed by atoms with Gasteiger partial charge in [0.05, 0.1) is 0 Å². The molecule has 0 saturated carbocycles. The number of nitrogens with two attached hydrogens (primary N) is 1. The van der Waals surface area contributed by atoms with Crippen LogP contribution in [0.1, 0.15) is 22.2 Å². The normalized spacial score (nSPS) is 10.7. The number of methoxy groups -OCH3 is 2. The van der Waals surface area contributed by atoms with E-state index in [1.165, 1.54) is 14.2 Å². The van der Waals surface area contributed by atoms with Crippen molar-refractivity contribution < 1.29 is 14.3 Å². The minimum atomic E-state index is -0.583. The Morgan fingerprint density at radius 1 is 1.40 bits per heavy atom. The van der Waals surface area contributed by atoms with Gasteiger partial charge in [-0.15, -0.1) is 0 Å². The van der Waals surface area contributed by atoms with Crippen LogP contribution in [-0.2, 0) is 9.47 Å². The van der Waals surface area contributed by atoms with Gasteiger partial charge < -0.3 is 15.2 Å². The molecule has 0 heterocycles. The summed E-state index contributed by atoms with van der Waals surface area (Å²) in [5.74, 6) is -0.509. The van der Waals surface area contributed by atoms with Gasteiger partial charge in [0.2, 0.25) is 5.91 Å². The minimum Gasteiger partial charge on any atom is -0.366 e. The molecular formula is C10H12BrNO3. The molecule has 0 radical (unpaired) electrons. The number of hydrogen-bond donors (Lipinski definition) is 1. The zero-order valence-corrected chi connectivity index (χ0v) is 10.1. The SMILES string of the molecule is COC(OC)c1ccc(Br)cc1C(N)=O. The molecule has 0 aliphatic rings. The van der Waals surface area contributed by atoms with E-state index in [9.17, 15) is 4.79 Å². The smallest absolute Gasteiger partial charge is 0.249 e. The number of halogens is 1. The molecule has 1 aromatic rings. The molecule has 0 atom stereocenters. The molecule has 0 unspecified atom stereocenters. The summed E-state index contributed by atoms with van der Waals surface area (Å²) in [5.41, 5.74) is 6.27. The predicted molar refractivity (Wildman–Crippen MR) is 59.4 cm³/mol. The molecule has 0 fully saturated rings. The number of carbonyl (C=O) groups is 1. The average Bonchev–Trinajstić information content (AvgIpc) is 2.21. The second-order valence-corrected chi connectivity index (χ2v) is 3.81. The van der Waals surface area contributed by atoms with E-state index in [4.69, 9.17) is 15.2 Å². The summed E-state index contributed by atoms with van der Waals surface area (Å²) in [6.45, 7) is 0. The van der Waals surface area contributed by atoms with E-state index < -0.39 is 12.2 Å². The molecule has 1 aromatic carbocycles. The lowest BCUT2D eigenvalue weighted by Gasteiger charge is -2.16. The van der Waals surface area contributed by atoms with Crippen LogP contribution in [0.25, 0.3) is 0 Å². The van der Waals surface area contributed by atoms with Gasteiger partial charge in [-0.3, -0.25) is 4.79 Å². The maximum Gasteiger partial charge on any atom is 0.249 e. The molecular weight excluding hydrogens is 262 g/mol. The Kier molecular flexibility index (Phi) is 4.26. The van der Waals surface area contributed by atoms with Gasteiger partial charge in [0.15, 0.2) is 6.29 Å². The first-order valence-electron chi connectivity index (χ1n) is 4.25. The molecule has 0 saturated heterocycles. The zero-order valence-electron chi connectivity index (χ0n) is 8.49. The van der Waals surface area contributed by atoms with Gasteiger partial charge >= 0.3 is 0 Å². The molecule has 0 aliphatic heterocycles. The first-order valence-corrected chi connectivity index (χ1v) is 5.04. The number of ether oxygens (including phenoxy) is 2. The number of carbonyl (C=O) groups excluding carboxylic acids is 1. The molecule has 1 amide bonds.